The van der Waals surface area contributed by atoms with E-state index in [1.807, 2.05) is 0 Å². The van der Waals surface area contributed by atoms with Gasteiger partial charge in [-0.2, -0.15) is 0 Å². The lowest BCUT2D eigenvalue weighted by Crippen LogP contribution is -2.30. The van der Waals surface area contributed by atoms with Gasteiger partial charge in [0.2, 0.25) is 0 Å². The van der Waals surface area contributed by atoms with Gasteiger partial charge in [-0.3, -0.25) is 14.4 Å². The third kappa shape index (κ3) is 60.8. The van der Waals surface area contributed by atoms with Gasteiger partial charge in [0, 0.05) is 19.3 Å². The highest BCUT2D eigenvalue weighted by Crippen LogP contribution is 2.16. The second kappa shape index (κ2) is 62.6. The molecule has 0 aliphatic carbocycles. The van der Waals surface area contributed by atoms with Crippen LogP contribution in [0.5, 0.6) is 0 Å². The number of carbonyl (C=O) groups excluding carboxylic acids is 3. The summed E-state index contributed by atoms with van der Waals surface area (Å²) in [6.07, 6.45) is 85.5. The summed E-state index contributed by atoms with van der Waals surface area (Å²) < 4.78 is 16.8. The summed E-state index contributed by atoms with van der Waals surface area (Å²) >= 11 is 0. The maximum absolute atomic E-state index is 12.8. The van der Waals surface area contributed by atoms with Gasteiger partial charge in [-0.25, -0.2) is 0 Å². The van der Waals surface area contributed by atoms with Crippen LogP contribution in [0.15, 0.2) is 109 Å². The summed E-state index contributed by atoms with van der Waals surface area (Å²) in [6.45, 7) is 6.37. The highest BCUT2D eigenvalue weighted by Gasteiger charge is 2.19. The second-order valence-corrected chi connectivity index (χ2v) is 20.6. The zero-order valence-corrected chi connectivity index (χ0v) is 49.0. The van der Waals surface area contributed by atoms with Gasteiger partial charge >= 0.3 is 17.9 Å². The molecule has 1 atom stereocenters. The van der Waals surface area contributed by atoms with Crippen molar-refractivity contribution in [3.05, 3.63) is 109 Å². The van der Waals surface area contributed by atoms with Crippen molar-refractivity contribution < 1.29 is 28.6 Å². The van der Waals surface area contributed by atoms with E-state index in [9.17, 15) is 14.4 Å². The van der Waals surface area contributed by atoms with Crippen LogP contribution in [0.4, 0.5) is 0 Å². The molecular weight excluding hydrogens is 925 g/mol. The average Bonchev–Trinajstić information content (AvgIpc) is 3.41. The first-order valence-electron chi connectivity index (χ1n) is 31.4. The number of allylic oxidation sites excluding steroid dienone is 18. The Morgan fingerprint density at radius 3 is 0.827 bits per heavy atom. The van der Waals surface area contributed by atoms with E-state index in [1.165, 1.54) is 128 Å². The number of esters is 3. The van der Waals surface area contributed by atoms with E-state index in [0.29, 0.717) is 19.3 Å². The Balaban J connectivity index is 4.05. The average molecular weight is 1040 g/mol. The van der Waals surface area contributed by atoms with Crippen molar-refractivity contribution >= 4 is 17.9 Å². The molecule has 0 aromatic heterocycles. The fourth-order valence-corrected chi connectivity index (χ4v) is 8.64. The molecule has 0 fully saturated rings. The predicted molar refractivity (Wildman–Crippen MR) is 325 cm³/mol. The van der Waals surface area contributed by atoms with Crippen molar-refractivity contribution in [2.24, 2.45) is 0 Å². The highest BCUT2D eigenvalue weighted by atomic mass is 16.6. The van der Waals surface area contributed by atoms with Crippen LogP contribution in [0, 0.1) is 0 Å². The minimum absolute atomic E-state index is 0.0866. The van der Waals surface area contributed by atoms with Crippen LogP contribution in [-0.2, 0) is 28.6 Å². The van der Waals surface area contributed by atoms with Gasteiger partial charge in [0.1, 0.15) is 13.2 Å². The molecule has 0 amide bonds. The third-order valence-corrected chi connectivity index (χ3v) is 13.3. The molecule has 6 nitrogen and oxygen atoms in total. The van der Waals surface area contributed by atoms with E-state index >= 15 is 0 Å². The Bertz CT molecular complexity index is 1520. The van der Waals surface area contributed by atoms with Crippen LogP contribution in [0.25, 0.3) is 0 Å². The van der Waals surface area contributed by atoms with Crippen LogP contribution in [0.3, 0.4) is 0 Å². The number of ether oxygens (including phenoxy) is 3. The largest absolute Gasteiger partial charge is 0.462 e. The smallest absolute Gasteiger partial charge is 0.306 e. The molecule has 6 heteroatoms. The first-order valence-corrected chi connectivity index (χ1v) is 31.4. The van der Waals surface area contributed by atoms with Gasteiger partial charge in [0.05, 0.1) is 0 Å². The Kier molecular flexibility index (Phi) is 59.3. The van der Waals surface area contributed by atoms with Crippen molar-refractivity contribution in [3.8, 4) is 0 Å². The zero-order chi connectivity index (χ0) is 54.3. The molecule has 0 saturated carbocycles. The molecule has 0 heterocycles. The molecular formula is C69H116O6. The first-order chi connectivity index (χ1) is 37.0. The van der Waals surface area contributed by atoms with Crippen LogP contribution in [0.1, 0.15) is 290 Å². The van der Waals surface area contributed by atoms with Gasteiger partial charge in [-0.1, -0.05) is 278 Å². The van der Waals surface area contributed by atoms with E-state index in [-0.39, 0.29) is 31.1 Å². The second-order valence-electron chi connectivity index (χ2n) is 20.6. The minimum Gasteiger partial charge on any atom is -0.462 e. The summed E-state index contributed by atoms with van der Waals surface area (Å²) in [6, 6.07) is 0. The van der Waals surface area contributed by atoms with E-state index in [2.05, 4.69) is 130 Å². The van der Waals surface area contributed by atoms with Crippen molar-refractivity contribution in [2.75, 3.05) is 13.2 Å². The molecule has 0 aliphatic heterocycles. The molecule has 0 N–H and O–H groups in total. The number of hydrogen-bond acceptors (Lipinski definition) is 6. The summed E-state index contributed by atoms with van der Waals surface area (Å²) in [7, 11) is 0. The Labute approximate surface area is 463 Å². The van der Waals surface area contributed by atoms with Crippen molar-refractivity contribution in [1.29, 1.82) is 0 Å². The molecule has 428 valence electrons. The molecule has 1 unspecified atom stereocenters. The van der Waals surface area contributed by atoms with Gasteiger partial charge in [-0.05, 0) is 103 Å². The summed E-state index contributed by atoms with van der Waals surface area (Å²) in [5.74, 6) is -0.914. The van der Waals surface area contributed by atoms with Gasteiger partial charge in [0.25, 0.3) is 0 Å². The molecule has 0 rings (SSSR count). The van der Waals surface area contributed by atoms with Crippen molar-refractivity contribution in [3.63, 3.8) is 0 Å². The number of hydrogen-bond donors (Lipinski definition) is 0. The fourth-order valence-electron chi connectivity index (χ4n) is 8.64. The zero-order valence-electron chi connectivity index (χ0n) is 49.0. The molecule has 0 aromatic rings. The summed E-state index contributed by atoms with van der Waals surface area (Å²) in [5, 5.41) is 0. The number of carbonyl (C=O) groups is 3. The predicted octanol–water partition coefficient (Wildman–Crippen LogP) is 21.4. The molecule has 75 heavy (non-hydrogen) atoms. The topological polar surface area (TPSA) is 78.9 Å². The Hall–Kier alpha value is -3.93. The number of rotatable bonds is 56. The minimum atomic E-state index is -0.789. The Morgan fingerprint density at radius 2 is 0.520 bits per heavy atom. The van der Waals surface area contributed by atoms with Crippen LogP contribution in [0.2, 0.25) is 0 Å². The van der Waals surface area contributed by atoms with E-state index in [0.717, 1.165) is 122 Å². The van der Waals surface area contributed by atoms with Crippen LogP contribution >= 0.6 is 0 Å². The molecule has 0 spiro atoms. The fraction of sp³-hybridized carbons (Fsp3) is 0.696. The molecule has 0 bridgehead atoms. The molecule has 0 saturated heterocycles. The first kappa shape index (κ1) is 71.1. The van der Waals surface area contributed by atoms with Gasteiger partial charge in [0.15, 0.2) is 6.10 Å². The van der Waals surface area contributed by atoms with Gasteiger partial charge < -0.3 is 14.2 Å². The van der Waals surface area contributed by atoms with Gasteiger partial charge in [-0.15, -0.1) is 0 Å². The molecule has 0 aromatic carbocycles. The third-order valence-electron chi connectivity index (χ3n) is 13.3. The maximum atomic E-state index is 12.8. The van der Waals surface area contributed by atoms with E-state index in [4.69, 9.17) is 14.2 Å². The molecule has 0 radical (unpaired) electrons. The van der Waals surface area contributed by atoms with E-state index < -0.39 is 6.10 Å². The van der Waals surface area contributed by atoms with Crippen LogP contribution in [-0.4, -0.2) is 37.2 Å². The normalized spacial score (nSPS) is 12.8. The summed E-state index contributed by atoms with van der Waals surface area (Å²) in [4.78, 5) is 38.0. The SMILES string of the molecule is CC/C=C\C/C=C\C/C=C\C/C=C\C/C=C\C/C=C\CCCCCCCCCCCCCCCCCCC(=O)OCC(COC(=O)CCCCCCCCCCC)OC(=O)CCCCC/C=C\C/C=C\C/C=C\CC. The standard InChI is InChI=1S/C69H116O6/c1-4-7-10-13-16-19-21-23-24-25-26-27-28-29-30-31-32-33-34-35-36-37-38-39-40-41-42-43-44-46-47-50-53-56-59-62-68(71)74-65-66(64-73-67(70)61-58-55-52-49-18-15-12-9-6-3)75-69(72)63-60-57-54-51-48-45-22-20-17-14-11-8-5-2/h7-8,10-11,16-17,19-20,23-24,26-27,29-30,32-33,45,48,66H,4-6,9,12-15,18,21-22,25,28,31,34-44,46-47,49-65H2,1-3H3/b10-7-,11-8-,19-16-,20-17-,24-23-,27-26-,30-29-,33-32-,48-45-. The monoisotopic (exact) mass is 1040 g/mol. The van der Waals surface area contributed by atoms with Crippen molar-refractivity contribution in [2.45, 2.75) is 297 Å². The number of unbranched alkanes of at least 4 members (excludes halogenated alkanes) is 27. The Morgan fingerprint density at radius 1 is 0.280 bits per heavy atom. The maximum Gasteiger partial charge on any atom is 0.306 e. The summed E-state index contributed by atoms with van der Waals surface area (Å²) in [5.41, 5.74) is 0. The van der Waals surface area contributed by atoms with Crippen LogP contribution < -0.4 is 0 Å². The highest BCUT2D eigenvalue weighted by molar-refractivity contribution is 5.71. The lowest BCUT2D eigenvalue weighted by Gasteiger charge is -2.18. The van der Waals surface area contributed by atoms with Crippen molar-refractivity contribution in [1.82, 2.24) is 0 Å². The molecule has 0 aliphatic rings. The van der Waals surface area contributed by atoms with E-state index in [1.54, 1.807) is 0 Å². The lowest BCUT2D eigenvalue weighted by molar-refractivity contribution is -0.167. The lowest BCUT2D eigenvalue weighted by atomic mass is 10.0. The quantitative estimate of drug-likeness (QED) is 0.0261.